The summed E-state index contributed by atoms with van der Waals surface area (Å²) in [6.45, 7) is 1.92. The van der Waals surface area contributed by atoms with Gasteiger partial charge in [0.25, 0.3) is 0 Å². The first-order chi connectivity index (χ1) is 7.97. The number of aryl methyl sites for hydroxylation is 1. The third-order valence-corrected chi connectivity index (χ3v) is 2.43. The molecule has 0 saturated heterocycles. The minimum absolute atomic E-state index is 0.333. The molecular weight excluding hydrogens is 227 g/mol. The van der Waals surface area contributed by atoms with Crippen LogP contribution in [-0.4, -0.2) is 4.98 Å². The predicted molar refractivity (Wildman–Crippen MR) is 59.4 cm³/mol. The van der Waals surface area contributed by atoms with Crippen LogP contribution in [-0.2, 0) is 6.18 Å². The summed E-state index contributed by atoms with van der Waals surface area (Å²) in [5.74, 6) is 0. The maximum Gasteiger partial charge on any atom is 0.416 e. The van der Waals surface area contributed by atoms with Crippen molar-refractivity contribution >= 4 is 0 Å². The molecule has 0 atom stereocenters. The molecule has 0 fully saturated rings. The van der Waals surface area contributed by atoms with Crippen LogP contribution >= 0.6 is 0 Å². The number of nitrogens with zero attached hydrogens (tertiary/aromatic N) is 1. The normalized spacial score (nSPS) is 11.5. The van der Waals surface area contributed by atoms with Crippen molar-refractivity contribution in [2.24, 2.45) is 0 Å². The molecule has 88 valence electrons. The van der Waals surface area contributed by atoms with Crippen LogP contribution in [0.5, 0.6) is 0 Å². The summed E-state index contributed by atoms with van der Waals surface area (Å²) >= 11 is 0. The molecule has 2 aromatic rings. The number of aromatic nitrogens is 1. The molecule has 17 heavy (non-hydrogen) atoms. The highest BCUT2D eigenvalue weighted by Crippen LogP contribution is 2.31. The van der Waals surface area contributed by atoms with Crippen molar-refractivity contribution in [3.8, 4) is 11.3 Å². The molecule has 1 heterocycles. The second kappa shape index (κ2) is 4.20. The SMILES string of the molecule is Cc1ccc(-c2cc(C(F)(F)F)ccn2)cc1. The molecule has 0 radical (unpaired) electrons. The Labute approximate surface area is 96.9 Å². The fraction of sp³-hybridized carbons (Fsp3) is 0.154. The fourth-order valence-electron chi connectivity index (χ4n) is 1.49. The number of hydrogen-bond donors (Lipinski definition) is 0. The molecule has 4 heteroatoms. The van der Waals surface area contributed by atoms with Gasteiger partial charge in [-0.3, -0.25) is 4.98 Å². The van der Waals surface area contributed by atoms with Crippen molar-refractivity contribution in [2.45, 2.75) is 13.1 Å². The van der Waals surface area contributed by atoms with E-state index in [0.717, 1.165) is 17.7 Å². The molecule has 0 unspecified atom stereocenters. The van der Waals surface area contributed by atoms with E-state index in [0.29, 0.717) is 11.3 Å². The van der Waals surface area contributed by atoms with Crippen LogP contribution in [0.3, 0.4) is 0 Å². The first-order valence-corrected chi connectivity index (χ1v) is 5.07. The number of alkyl halides is 3. The van der Waals surface area contributed by atoms with E-state index >= 15 is 0 Å². The van der Waals surface area contributed by atoms with Crippen LogP contribution in [0.25, 0.3) is 11.3 Å². The Bertz CT molecular complexity index is 515. The summed E-state index contributed by atoms with van der Waals surface area (Å²) in [6, 6.07) is 9.24. The van der Waals surface area contributed by atoms with Gasteiger partial charge in [-0.05, 0) is 19.1 Å². The lowest BCUT2D eigenvalue weighted by molar-refractivity contribution is -0.137. The van der Waals surface area contributed by atoms with Crippen molar-refractivity contribution in [1.82, 2.24) is 4.98 Å². The molecule has 0 N–H and O–H groups in total. The van der Waals surface area contributed by atoms with Gasteiger partial charge in [-0.25, -0.2) is 0 Å². The first-order valence-electron chi connectivity index (χ1n) is 5.07. The van der Waals surface area contributed by atoms with E-state index in [9.17, 15) is 13.2 Å². The second-order valence-corrected chi connectivity index (χ2v) is 3.79. The van der Waals surface area contributed by atoms with Gasteiger partial charge in [-0.15, -0.1) is 0 Å². The van der Waals surface area contributed by atoms with Crippen molar-refractivity contribution in [2.75, 3.05) is 0 Å². The summed E-state index contributed by atoms with van der Waals surface area (Å²) in [4.78, 5) is 3.95. The van der Waals surface area contributed by atoms with Gasteiger partial charge in [0.15, 0.2) is 0 Å². The largest absolute Gasteiger partial charge is 0.416 e. The lowest BCUT2D eigenvalue weighted by atomic mass is 10.1. The Balaban J connectivity index is 2.43. The van der Waals surface area contributed by atoms with Gasteiger partial charge >= 0.3 is 6.18 Å². The molecule has 1 aromatic heterocycles. The van der Waals surface area contributed by atoms with Gasteiger partial charge < -0.3 is 0 Å². The highest BCUT2D eigenvalue weighted by molar-refractivity contribution is 5.60. The standard InChI is InChI=1S/C13H10F3N/c1-9-2-4-10(5-3-9)12-8-11(6-7-17-12)13(14,15)16/h2-8H,1H3. The Morgan fingerprint density at radius 1 is 1.00 bits per heavy atom. The van der Waals surface area contributed by atoms with Gasteiger partial charge in [-0.1, -0.05) is 29.8 Å². The third kappa shape index (κ3) is 2.64. The van der Waals surface area contributed by atoms with Crippen LogP contribution in [0.15, 0.2) is 42.6 Å². The van der Waals surface area contributed by atoms with Gasteiger partial charge in [0.1, 0.15) is 0 Å². The van der Waals surface area contributed by atoms with E-state index in [-0.39, 0.29) is 0 Å². The zero-order valence-electron chi connectivity index (χ0n) is 9.12. The molecule has 0 aliphatic carbocycles. The molecule has 0 bridgehead atoms. The highest BCUT2D eigenvalue weighted by atomic mass is 19.4. The Hall–Kier alpha value is -1.84. The van der Waals surface area contributed by atoms with E-state index in [4.69, 9.17) is 0 Å². The van der Waals surface area contributed by atoms with E-state index < -0.39 is 11.7 Å². The average Bonchev–Trinajstić information content (AvgIpc) is 2.29. The third-order valence-electron chi connectivity index (χ3n) is 2.43. The molecule has 0 amide bonds. The smallest absolute Gasteiger partial charge is 0.256 e. The average molecular weight is 237 g/mol. The number of pyridine rings is 1. The number of rotatable bonds is 1. The molecule has 0 spiro atoms. The lowest BCUT2D eigenvalue weighted by Crippen LogP contribution is -2.05. The quantitative estimate of drug-likeness (QED) is 0.728. The number of hydrogen-bond acceptors (Lipinski definition) is 1. The number of halogens is 3. The summed E-state index contributed by atoms with van der Waals surface area (Å²) < 4.78 is 37.6. The van der Waals surface area contributed by atoms with Gasteiger partial charge in [-0.2, -0.15) is 13.2 Å². The van der Waals surface area contributed by atoms with Crippen LogP contribution in [0.1, 0.15) is 11.1 Å². The molecule has 1 nitrogen and oxygen atoms in total. The zero-order valence-corrected chi connectivity index (χ0v) is 9.12. The van der Waals surface area contributed by atoms with Gasteiger partial charge in [0, 0.05) is 11.8 Å². The van der Waals surface area contributed by atoms with E-state index in [2.05, 4.69) is 4.98 Å². The van der Waals surface area contributed by atoms with Crippen LogP contribution in [0.2, 0.25) is 0 Å². The maximum atomic E-state index is 12.5. The summed E-state index contributed by atoms with van der Waals surface area (Å²) in [6.07, 6.45) is -3.15. The van der Waals surface area contributed by atoms with Gasteiger partial charge in [0.2, 0.25) is 0 Å². The minimum atomic E-state index is -4.33. The Morgan fingerprint density at radius 3 is 2.24 bits per heavy atom. The monoisotopic (exact) mass is 237 g/mol. The first kappa shape index (κ1) is 11.6. The number of benzene rings is 1. The summed E-state index contributed by atoms with van der Waals surface area (Å²) in [5.41, 5.74) is 1.39. The van der Waals surface area contributed by atoms with E-state index in [1.54, 1.807) is 12.1 Å². The fourth-order valence-corrected chi connectivity index (χ4v) is 1.49. The van der Waals surface area contributed by atoms with Crippen molar-refractivity contribution in [3.05, 3.63) is 53.7 Å². The topological polar surface area (TPSA) is 12.9 Å². The highest BCUT2D eigenvalue weighted by Gasteiger charge is 2.30. The summed E-state index contributed by atoms with van der Waals surface area (Å²) in [7, 11) is 0. The van der Waals surface area contributed by atoms with Crippen molar-refractivity contribution in [1.29, 1.82) is 0 Å². The van der Waals surface area contributed by atoms with Crippen molar-refractivity contribution in [3.63, 3.8) is 0 Å². The van der Waals surface area contributed by atoms with Crippen LogP contribution in [0, 0.1) is 6.92 Å². The van der Waals surface area contributed by atoms with Crippen LogP contribution < -0.4 is 0 Å². The van der Waals surface area contributed by atoms with Gasteiger partial charge in [0.05, 0.1) is 11.3 Å². The zero-order chi connectivity index (χ0) is 12.5. The van der Waals surface area contributed by atoms with E-state index in [1.807, 2.05) is 19.1 Å². The molecule has 2 rings (SSSR count). The second-order valence-electron chi connectivity index (χ2n) is 3.79. The Kier molecular flexibility index (Phi) is 2.88. The molecule has 0 saturated carbocycles. The van der Waals surface area contributed by atoms with E-state index in [1.165, 1.54) is 6.20 Å². The molecule has 0 aliphatic rings. The molecule has 1 aromatic carbocycles. The Morgan fingerprint density at radius 2 is 1.65 bits per heavy atom. The lowest BCUT2D eigenvalue weighted by Gasteiger charge is -2.08. The molecule has 0 aliphatic heterocycles. The maximum absolute atomic E-state index is 12.5. The molecular formula is C13H10F3N. The van der Waals surface area contributed by atoms with Crippen LogP contribution in [0.4, 0.5) is 13.2 Å². The summed E-state index contributed by atoms with van der Waals surface area (Å²) in [5, 5.41) is 0. The minimum Gasteiger partial charge on any atom is -0.256 e. The van der Waals surface area contributed by atoms with Crippen molar-refractivity contribution < 1.29 is 13.2 Å². The predicted octanol–water partition coefficient (Wildman–Crippen LogP) is 4.08.